The fourth-order valence-electron chi connectivity index (χ4n) is 1.39. The molecule has 2 nitrogen and oxygen atoms in total. The van der Waals surface area contributed by atoms with E-state index in [-0.39, 0.29) is 0 Å². The Morgan fingerprint density at radius 2 is 2.00 bits per heavy atom. The Morgan fingerprint density at radius 1 is 1.18 bits per heavy atom. The summed E-state index contributed by atoms with van der Waals surface area (Å²) >= 11 is 5.31. The molecule has 0 aliphatic rings. The van der Waals surface area contributed by atoms with Crippen molar-refractivity contribution in [3.05, 3.63) is 53.3 Å². The van der Waals surface area contributed by atoms with E-state index in [0.717, 1.165) is 22.5 Å². The van der Waals surface area contributed by atoms with E-state index in [1.807, 2.05) is 23.9 Å². The second-order valence-corrected chi connectivity index (χ2v) is 5.47. The molecule has 88 valence electrons. The second-order valence-electron chi connectivity index (χ2n) is 3.44. The molecule has 2 rings (SSSR count). The van der Waals surface area contributed by atoms with Crippen molar-refractivity contribution in [3.63, 3.8) is 0 Å². The van der Waals surface area contributed by atoms with Gasteiger partial charge in [0.1, 0.15) is 0 Å². The minimum atomic E-state index is 0.933. The SMILES string of the molecule is Brc1cnccc1NCCSc1ccccc1. The molecule has 1 heterocycles. The second kappa shape index (κ2) is 6.67. The molecular formula is C13H13BrN2S. The molecule has 0 spiro atoms. The van der Waals surface area contributed by atoms with Crippen LogP contribution in [-0.2, 0) is 0 Å². The molecule has 4 heteroatoms. The number of hydrogen-bond acceptors (Lipinski definition) is 3. The topological polar surface area (TPSA) is 24.9 Å². The van der Waals surface area contributed by atoms with E-state index in [4.69, 9.17) is 0 Å². The number of pyridine rings is 1. The Bertz CT molecular complexity index is 462. The van der Waals surface area contributed by atoms with Crippen LogP contribution in [0.2, 0.25) is 0 Å². The smallest absolute Gasteiger partial charge is 0.0590 e. The lowest BCUT2D eigenvalue weighted by Crippen LogP contribution is -2.04. The van der Waals surface area contributed by atoms with Gasteiger partial charge in [0.2, 0.25) is 0 Å². The minimum absolute atomic E-state index is 0.933. The van der Waals surface area contributed by atoms with Crippen molar-refractivity contribution < 1.29 is 0 Å². The zero-order valence-corrected chi connectivity index (χ0v) is 11.7. The highest BCUT2D eigenvalue weighted by atomic mass is 79.9. The Kier molecular flexibility index (Phi) is 4.88. The van der Waals surface area contributed by atoms with Gasteiger partial charge in [0.25, 0.3) is 0 Å². The van der Waals surface area contributed by atoms with E-state index in [2.05, 4.69) is 50.5 Å². The third-order valence-electron chi connectivity index (χ3n) is 2.20. The Morgan fingerprint density at radius 3 is 2.76 bits per heavy atom. The Hall–Kier alpha value is -1.00. The zero-order valence-electron chi connectivity index (χ0n) is 9.27. The van der Waals surface area contributed by atoms with Crippen molar-refractivity contribution in [3.8, 4) is 0 Å². The molecule has 0 amide bonds. The van der Waals surface area contributed by atoms with Crippen LogP contribution >= 0.6 is 27.7 Å². The van der Waals surface area contributed by atoms with Crippen LogP contribution in [0.3, 0.4) is 0 Å². The van der Waals surface area contributed by atoms with Crippen molar-refractivity contribution in [1.82, 2.24) is 4.98 Å². The number of aromatic nitrogens is 1. The van der Waals surface area contributed by atoms with E-state index in [1.165, 1.54) is 4.90 Å². The minimum Gasteiger partial charge on any atom is -0.383 e. The van der Waals surface area contributed by atoms with Crippen molar-refractivity contribution in [2.45, 2.75) is 4.90 Å². The summed E-state index contributed by atoms with van der Waals surface area (Å²) in [6.07, 6.45) is 3.59. The monoisotopic (exact) mass is 308 g/mol. The molecular weight excluding hydrogens is 296 g/mol. The van der Waals surface area contributed by atoms with Crippen molar-refractivity contribution in [2.75, 3.05) is 17.6 Å². The van der Waals surface area contributed by atoms with Crippen LogP contribution in [0.15, 0.2) is 58.2 Å². The summed E-state index contributed by atoms with van der Waals surface area (Å²) in [6, 6.07) is 12.4. The van der Waals surface area contributed by atoms with Crippen LogP contribution in [0, 0.1) is 0 Å². The molecule has 17 heavy (non-hydrogen) atoms. The first kappa shape index (κ1) is 12.5. The summed E-state index contributed by atoms with van der Waals surface area (Å²) in [7, 11) is 0. The number of benzene rings is 1. The molecule has 0 aliphatic carbocycles. The maximum absolute atomic E-state index is 4.03. The average molecular weight is 309 g/mol. The van der Waals surface area contributed by atoms with Crippen LogP contribution in [0.1, 0.15) is 0 Å². The molecule has 1 aromatic carbocycles. The quantitative estimate of drug-likeness (QED) is 0.666. The average Bonchev–Trinajstić information content (AvgIpc) is 2.38. The number of nitrogens with one attached hydrogen (secondary N) is 1. The lowest BCUT2D eigenvalue weighted by molar-refractivity contribution is 1.20. The number of nitrogens with zero attached hydrogens (tertiary/aromatic N) is 1. The van der Waals surface area contributed by atoms with Gasteiger partial charge in [-0.15, -0.1) is 11.8 Å². The van der Waals surface area contributed by atoms with Gasteiger partial charge in [-0.2, -0.15) is 0 Å². The normalized spacial score (nSPS) is 10.2. The van der Waals surface area contributed by atoms with Gasteiger partial charge in [-0.3, -0.25) is 4.98 Å². The van der Waals surface area contributed by atoms with Gasteiger partial charge in [-0.25, -0.2) is 0 Å². The summed E-state index contributed by atoms with van der Waals surface area (Å²) in [5.41, 5.74) is 1.09. The van der Waals surface area contributed by atoms with Crippen LogP contribution in [-0.4, -0.2) is 17.3 Å². The van der Waals surface area contributed by atoms with Gasteiger partial charge in [-0.1, -0.05) is 18.2 Å². The Balaban J connectivity index is 1.76. The molecule has 1 aromatic heterocycles. The molecule has 0 bridgehead atoms. The maximum atomic E-state index is 4.03. The van der Waals surface area contributed by atoms with Gasteiger partial charge in [0.05, 0.1) is 10.2 Å². The van der Waals surface area contributed by atoms with E-state index in [9.17, 15) is 0 Å². The van der Waals surface area contributed by atoms with E-state index >= 15 is 0 Å². The molecule has 0 atom stereocenters. The highest BCUT2D eigenvalue weighted by Crippen LogP contribution is 2.21. The van der Waals surface area contributed by atoms with Crippen LogP contribution in [0.5, 0.6) is 0 Å². The first-order valence-corrected chi connectivity index (χ1v) is 7.15. The standard InChI is InChI=1S/C13H13BrN2S/c14-12-10-15-7-6-13(12)16-8-9-17-11-4-2-1-3-5-11/h1-7,10H,8-9H2,(H,15,16). The van der Waals surface area contributed by atoms with E-state index in [0.29, 0.717) is 0 Å². The van der Waals surface area contributed by atoms with Crippen LogP contribution < -0.4 is 5.32 Å². The third-order valence-corrected chi connectivity index (χ3v) is 3.85. The third kappa shape index (κ3) is 4.06. The molecule has 0 saturated heterocycles. The van der Waals surface area contributed by atoms with Gasteiger partial charge < -0.3 is 5.32 Å². The van der Waals surface area contributed by atoms with Gasteiger partial charge in [0, 0.05) is 29.6 Å². The van der Waals surface area contributed by atoms with Crippen molar-refractivity contribution >= 4 is 33.4 Å². The van der Waals surface area contributed by atoms with E-state index < -0.39 is 0 Å². The van der Waals surface area contributed by atoms with Gasteiger partial charge >= 0.3 is 0 Å². The van der Waals surface area contributed by atoms with Crippen LogP contribution in [0.25, 0.3) is 0 Å². The largest absolute Gasteiger partial charge is 0.383 e. The number of rotatable bonds is 5. The molecule has 0 aliphatic heterocycles. The van der Waals surface area contributed by atoms with Crippen molar-refractivity contribution in [1.29, 1.82) is 0 Å². The summed E-state index contributed by atoms with van der Waals surface area (Å²) in [5, 5.41) is 3.38. The summed E-state index contributed by atoms with van der Waals surface area (Å²) in [4.78, 5) is 5.34. The predicted octanol–water partition coefficient (Wildman–Crippen LogP) is 4.05. The molecule has 0 fully saturated rings. The zero-order chi connectivity index (χ0) is 11.9. The molecule has 0 saturated carbocycles. The van der Waals surface area contributed by atoms with Crippen LogP contribution in [0.4, 0.5) is 5.69 Å². The summed E-state index contributed by atoms with van der Waals surface area (Å²) in [6.45, 7) is 0.933. The summed E-state index contributed by atoms with van der Waals surface area (Å²) < 4.78 is 1.00. The fraction of sp³-hybridized carbons (Fsp3) is 0.154. The number of anilines is 1. The molecule has 2 aromatic rings. The molecule has 0 unspecified atom stereocenters. The number of thioether (sulfide) groups is 1. The lowest BCUT2D eigenvalue weighted by Gasteiger charge is -2.07. The van der Waals surface area contributed by atoms with Crippen molar-refractivity contribution in [2.24, 2.45) is 0 Å². The first-order chi connectivity index (χ1) is 8.36. The number of hydrogen-bond donors (Lipinski definition) is 1. The van der Waals surface area contributed by atoms with E-state index in [1.54, 1.807) is 12.4 Å². The highest BCUT2D eigenvalue weighted by molar-refractivity contribution is 9.10. The number of halogens is 1. The van der Waals surface area contributed by atoms with Gasteiger partial charge in [-0.05, 0) is 34.1 Å². The predicted molar refractivity (Wildman–Crippen MR) is 77.6 cm³/mol. The first-order valence-electron chi connectivity index (χ1n) is 5.37. The maximum Gasteiger partial charge on any atom is 0.0590 e. The van der Waals surface area contributed by atoms with Gasteiger partial charge in [0.15, 0.2) is 0 Å². The molecule has 1 N–H and O–H groups in total. The summed E-state index contributed by atoms with van der Waals surface area (Å²) in [5.74, 6) is 1.04. The highest BCUT2D eigenvalue weighted by Gasteiger charge is 1.97. The fourth-order valence-corrected chi connectivity index (χ4v) is 2.57. The lowest BCUT2D eigenvalue weighted by atomic mass is 10.4. The molecule has 0 radical (unpaired) electrons. The Labute approximate surface area is 114 Å².